The zero-order valence-electron chi connectivity index (χ0n) is 17.9. The summed E-state index contributed by atoms with van der Waals surface area (Å²) in [6, 6.07) is 12.2. The van der Waals surface area contributed by atoms with Crippen molar-refractivity contribution in [2.45, 2.75) is 27.2 Å². The monoisotopic (exact) mass is 394 g/mol. The molecule has 1 aliphatic rings. The van der Waals surface area contributed by atoms with E-state index in [9.17, 15) is 4.79 Å². The summed E-state index contributed by atoms with van der Waals surface area (Å²) >= 11 is 0. The average Bonchev–Trinajstić information content (AvgIpc) is 2.66. The quantitative estimate of drug-likeness (QED) is 0.333. The fourth-order valence-electron chi connectivity index (χ4n) is 3.19. The van der Waals surface area contributed by atoms with Gasteiger partial charge in [0.1, 0.15) is 6.54 Å². The molecule has 2 aromatic carbocycles. The molecule has 28 heavy (non-hydrogen) atoms. The summed E-state index contributed by atoms with van der Waals surface area (Å²) in [7, 11) is 6.98. The zero-order valence-corrected chi connectivity index (χ0v) is 19.0. The van der Waals surface area contributed by atoms with Crippen LogP contribution in [0.5, 0.6) is 0 Å². The molecular weight excluding hydrogens is 361 g/mol. The highest BCUT2D eigenvalue weighted by atomic mass is 31.0. The number of quaternary nitrogens is 1. The first kappa shape index (κ1) is 22.3. The topological polar surface area (TPSA) is 17.1 Å². The van der Waals surface area contributed by atoms with Crippen LogP contribution in [0.1, 0.15) is 43.1 Å². The number of benzene rings is 2. The smallest absolute Gasteiger partial charge is 0.195 e. The first-order valence-corrected chi connectivity index (χ1v) is 10.5. The molecular formula is C25H33NOP+. The lowest BCUT2D eigenvalue weighted by Gasteiger charge is -2.30. The Bertz CT molecular complexity index is 945. The third-order valence-corrected chi connectivity index (χ3v) is 5.90. The molecule has 1 unspecified atom stereocenters. The van der Waals surface area contributed by atoms with Gasteiger partial charge in [-0.1, -0.05) is 61.5 Å². The van der Waals surface area contributed by atoms with E-state index in [1.165, 1.54) is 10.9 Å². The molecule has 0 heterocycles. The highest BCUT2D eigenvalue weighted by Gasteiger charge is 2.26. The molecule has 3 heteroatoms. The third-order valence-electron chi connectivity index (χ3n) is 5.17. The Morgan fingerprint density at radius 3 is 2.32 bits per heavy atom. The molecule has 0 aliphatic heterocycles. The second kappa shape index (κ2) is 9.45. The maximum atomic E-state index is 12.7. The summed E-state index contributed by atoms with van der Waals surface area (Å²) in [6.45, 7) is 11.9. The van der Waals surface area contributed by atoms with Crippen LogP contribution in [0.3, 0.4) is 0 Å². The van der Waals surface area contributed by atoms with Crippen molar-refractivity contribution in [2.24, 2.45) is 0 Å². The largest absolute Gasteiger partial charge is 0.325 e. The first-order valence-electron chi connectivity index (χ1n) is 9.90. The Balaban J connectivity index is 0.000000300. The number of rotatable bonds is 5. The van der Waals surface area contributed by atoms with Crippen molar-refractivity contribution in [3.05, 3.63) is 76.6 Å². The Kier molecular flexibility index (Phi) is 7.52. The van der Waals surface area contributed by atoms with Crippen LogP contribution < -0.4 is 0 Å². The third kappa shape index (κ3) is 5.28. The van der Waals surface area contributed by atoms with E-state index in [4.69, 9.17) is 0 Å². The molecule has 0 saturated heterocycles. The Hall–Kier alpha value is -2.02. The molecule has 0 bridgehead atoms. The standard InChI is InChI=1S/C18H20NO.C7H13P/c1-4-19(2,3)12-15-11-14-9-5-7-13-8-6-10-16(17(13)14)18(15)20;1-4-5-7(8)6(2)3/h5-11H,4,12H2,1-3H3;5H,2,4,8H2,1,3H3/q+1;/b;7-5-. The van der Waals surface area contributed by atoms with Gasteiger partial charge in [-0.25, -0.2) is 0 Å². The molecule has 0 aromatic heterocycles. The lowest BCUT2D eigenvalue weighted by Crippen LogP contribution is -2.42. The van der Waals surface area contributed by atoms with Crippen molar-refractivity contribution in [2.75, 3.05) is 27.2 Å². The number of carbonyl (C=O) groups is 1. The minimum absolute atomic E-state index is 0.189. The van der Waals surface area contributed by atoms with Crippen LogP contribution in [0.25, 0.3) is 16.8 Å². The Morgan fingerprint density at radius 2 is 1.79 bits per heavy atom. The molecule has 2 nitrogen and oxygen atoms in total. The lowest BCUT2D eigenvalue weighted by atomic mass is 9.87. The van der Waals surface area contributed by atoms with Crippen LogP contribution in [0.2, 0.25) is 0 Å². The average molecular weight is 395 g/mol. The van der Waals surface area contributed by atoms with E-state index in [0.717, 1.165) is 51.5 Å². The molecule has 0 radical (unpaired) electrons. The Morgan fingerprint density at radius 1 is 1.14 bits per heavy atom. The van der Waals surface area contributed by atoms with Crippen molar-refractivity contribution in [1.82, 2.24) is 0 Å². The van der Waals surface area contributed by atoms with E-state index >= 15 is 0 Å². The molecule has 0 amide bonds. The highest BCUT2D eigenvalue weighted by Crippen LogP contribution is 2.31. The molecule has 3 rings (SSSR count). The van der Waals surface area contributed by atoms with Gasteiger partial charge in [0.15, 0.2) is 5.78 Å². The number of hydrogen-bond donors (Lipinski definition) is 0. The van der Waals surface area contributed by atoms with Crippen LogP contribution in [0, 0.1) is 0 Å². The molecule has 0 fully saturated rings. The summed E-state index contributed by atoms with van der Waals surface area (Å²) in [4.78, 5) is 12.7. The van der Waals surface area contributed by atoms with Gasteiger partial charge in [-0.2, -0.15) is 0 Å². The van der Waals surface area contributed by atoms with Crippen LogP contribution in [-0.2, 0) is 0 Å². The minimum atomic E-state index is 0.189. The predicted molar refractivity (Wildman–Crippen MR) is 127 cm³/mol. The van der Waals surface area contributed by atoms with E-state index in [-0.39, 0.29) is 5.78 Å². The van der Waals surface area contributed by atoms with E-state index in [2.05, 4.69) is 80.2 Å². The van der Waals surface area contributed by atoms with E-state index in [1.807, 2.05) is 19.1 Å². The van der Waals surface area contributed by atoms with Crippen LogP contribution in [0.4, 0.5) is 0 Å². The fraction of sp³-hybridized carbons (Fsp3) is 0.320. The van der Waals surface area contributed by atoms with E-state index in [1.54, 1.807) is 0 Å². The van der Waals surface area contributed by atoms with Crippen LogP contribution in [0.15, 0.2) is 65.5 Å². The van der Waals surface area contributed by atoms with E-state index < -0.39 is 0 Å². The van der Waals surface area contributed by atoms with Gasteiger partial charge in [0.2, 0.25) is 0 Å². The summed E-state index contributed by atoms with van der Waals surface area (Å²) in [5.41, 5.74) is 4.08. The molecule has 1 atom stereocenters. The van der Waals surface area contributed by atoms with Gasteiger partial charge in [0, 0.05) is 10.9 Å². The second-order valence-corrected chi connectivity index (χ2v) is 8.63. The van der Waals surface area contributed by atoms with Crippen molar-refractivity contribution in [3.63, 3.8) is 0 Å². The SMILES string of the molecule is C=C(C)/C(P)=C/CC.CC[N+](C)(C)CC1=Cc2cccc3cccc(c23)C1=O. The minimum Gasteiger partial charge on any atom is -0.325 e. The summed E-state index contributed by atoms with van der Waals surface area (Å²) in [5.74, 6) is 0.189. The molecule has 148 valence electrons. The van der Waals surface area contributed by atoms with Crippen molar-refractivity contribution in [1.29, 1.82) is 0 Å². The number of carbonyl (C=O) groups excluding carboxylic acids is 1. The summed E-state index contributed by atoms with van der Waals surface area (Å²) in [6.07, 6.45) is 5.31. The van der Waals surface area contributed by atoms with Crippen molar-refractivity contribution >= 4 is 31.9 Å². The number of hydrogen-bond acceptors (Lipinski definition) is 1. The summed E-state index contributed by atoms with van der Waals surface area (Å²) < 4.78 is 0.829. The zero-order chi connectivity index (χ0) is 20.9. The van der Waals surface area contributed by atoms with Crippen LogP contribution in [-0.4, -0.2) is 37.5 Å². The van der Waals surface area contributed by atoms with Crippen LogP contribution >= 0.6 is 9.24 Å². The highest BCUT2D eigenvalue weighted by molar-refractivity contribution is 7.23. The number of likely N-dealkylation sites (N-methyl/N-ethyl adjacent to an activating group) is 1. The maximum Gasteiger partial charge on any atom is 0.195 e. The van der Waals surface area contributed by atoms with Gasteiger partial charge in [-0.05, 0) is 42.6 Å². The van der Waals surface area contributed by atoms with Gasteiger partial charge < -0.3 is 4.48 Å². The second-order valence-electron chi connectivity index (χ2n) is 8.01. The molecule has 0 N–H and O–H groups in total. The van der Waals surface area contributed by atoms with Gasteiger partial charge >= 0.3 is 0 Å². The number of allylic oxidation sites excluding steroid dienone is 3. The molecule has 1 aliphatic carbocycles. The lowest BCUT2D eigenvalue weighted by molar-refractivity contribution is -0.883. The maximum absolute atomic E-state index is 12.7. The normalized spacial score (nSPS) is 13.7. The summed E-state index contributed by atoms with van der Waals surface area (Å²) in [5, 5.41) is 3.48. The van der Waals surface area contributed by atoms with Gasteiger partial charge in [0.05, 0.1) is 26.2 Å². The molecule has 0 spiro atoms. The van der Waals surface area contributed by atoms with Crippen molar-refractivity contribution in [3.8, 4) is 0 Å². The first-order chi connectivity index (χ1) is 13.2. The van der Waals surface area contributed by atoms with Gasteiger partial charge in [0.25, 0.3) is 0 Å². The van der Waals surface area contributed by atoms with E-state index in [0.29, 0.717) is 0 Å². The van der Waals surface area contributed by atoms with Crippen molar-refractivity contribution < 1.29 is 9.28 Å². The number of ketones is 1. The Labute approximate surface area is 172 Å². The molecule has 0 saturated carbocycles. The van der Waals surface area contributed by atoms with Gasteiger partial charge in [-0.3, -0.25) is 4.79 Å². The fourth-order valence-corrected chi connectivity index (χ4v) is 3.43. The number of Topliss-reactive ketones (excluding diaryl/α,β-unsaturated/α-hetero) is 1. The predicted octanol–water partition coefficient (Wildman–Crippen LogP) is 6.25. The molecule has 2 aromatic rings. The van der Waals surface area contributed by atoms with Gasteiger partial charge in [-0.15, -0.1) is 9.24 Å². The number of nitrogens with zero attached hydrogens (tertiary/aromatic N) is 1.